The molecule has 0 saturated heterocycles. The van der Waals surface area contributed by atoms with Crippen LogP contribution in [0.15, 0.2) is 48.3 Å². The van der Waals surface area contributed by atoms with Crippen molar-refractivity contribution in [3.8, 4) is 0 Å². The first-order valence-electron chi connectivity index (χ1n) is 8.22. The summed E-state index contributed by atoms with van der Waals surface area (Å²) in [4.78, 5) is 44.0. The molecule has 1 aromatic heterocycles. The van der Waals surface area contributed by atoms with E-state index in [9.17, 15) is 14.4 Å². The molecule has 0 radical (unpaired) electrons. The number of fused-ring (bicyclic) bond motifs is 3. The number of carbonyl (C=O) groups is 3. The average molecular weight is 332 g/mol. The number of aryl methyl sites for hydroxylation is 1. The SMILES string of the molecule is CN(C1=CC(=O)c2c(cnc3c2C(=O)CCC3)C1=O)c1ccccc1. The number of hydrogen-bond donors (Lipinski definition) is 0. The third-order valence-electron chi connectivity index (χ3n) is 4.75. The number of Topliss-reactive ketones (excluding diaryl/α,β-unsaturated/α-hetero) is 2. The molecule has 0 amide bonds. The number of carbonyl (C=O) groups excluding carboxylic acids is 3. The molecule has 1 aromatic carbocycles. The van der Waals surface area contributed by atoms with E-state index in [1.165, 1.54) is 12.3 Å². The van der Waals surface area contributed by atoms with Crippen LogP contribution in [0.2, 0.25) is 0 Å². The van der Waals surface area contributed by atoms with Gasteiger partial charge in [0, 0.05) is 37.0 Å². The van der Waals surface area contributed by atoms with E-state index in [0.717, 1.165) is 12.1 Å². The number of rotatable bonds is 2. The van der Waals surface area contributed by atoms with E-state index in [1.807, 2.05) is 30.3 Å². The van der Waals surface area contributed by atoms with E-state index in [-0.39, 0.29) is 34.2 Å². The van der Waals surface area contributed by atoms with Gasteiger partial charge in [0.2, 0.25) is 5.78 Å². The zero-order valence-corrected chi connectivity index (χ0v) is 13.8. The van der Waals surface area contributed by atoms with Crippen molar-refractivity contribution < 1.29 is 14.4 Å². The number of likely N-dealkylation sites (N-methyl/N-ethyl adjacent to an activating group) is 1. The molecular formula is C20H16N2O3. The largest absolute Gasteiger partial charge is 0.341 e. The zero-order valence-electron chi connectivity index (χ0n) is 13.8. The Morgan fingerprint density at radius 3 is 2.52 bits per heavy atom. The van der Waals surface area contributed by atoms with Crippen molar-refractivity contribution in [2.75, 3.05) is 11.9 Å². The Kier molecular flexibility index (Phi) is 3.57. The van der Waals surface area contributed by atoms with Gasteiger partial charge >= 0.3 is 0 Å². The molecular weight excluding hydrogens is 316 g/mol. The third-order valence-corrected chi connectivity index (χ3v) is 4.75. The summed E-state index contributed by atoms with van der Waals surface area (Å²) in [6.07, 6.45) is 4.57. The normalized spacial score (nSPS) is 16.2. The zero-order chi connectivity index (χ0) is 17.6. The molecule has 25 heavy (non-hydrogen) atoms. The Labute approximate surface area is 145 Å². The van der Waals surface area contributed by atoms with Crippen LogP contribution in [0.25, 0.3) is 0 Å². The molecule has 5 heteroatoms. The summed E-state index contributed by atoms with van der Waals surface area (Å²) in [5.74, 6) is -0.684. The van der Waals surface area contributed by atoms with Crippen molar-refractivity contribution >= 4 is 23.0 Å². The van der Waals surface area contributed by atoms with Gasteiger partial charge in [-0.05, 0) is 25.0 Å². The highest BCUT2D eigenvalue weighted by molar-refractivity contribution is 6.28. The lowest BCUT2D eigenvalue weighted by Crippen LogP contribution is -2.31. The van der Waals surface area contributed by atoms with Gasteiger partial charge in [0.25, 0.3) is 0 Å². The quantitative estimate of drug-likeness (QED) is 0.846. The van der Waals surface area contributed by atoms with Gasteiger partial charge in [-0.2, -0.15) is 0 Å². The fourth-order valence-corrected chi connectivity index (χ4v) is 3.45. The lowest BCUT2D eigenvalue weighted by atomic mass is 9.83. The first-order chi connectivity index (χ1) is 12.1. The van der Waals surface area contributed by atoms with Crippen molar-refractivity contribution in [2.45, 2.75) is 19.3 Å². The Morgan fingerprint density at radius 1 is 1.00 bits per heavy atom. The molecule has 124 valence electrons. The van der Waals surface area contributed by atoms with Gasteiger partial charge in [0.15, 0.2) is 11.6 Å². The number of allylic oxidation sites excluding steroid dienone is 2. The smallest absolute Gasteiger partial charge is 0.211 e. The second-order valence-corrected chi connectivity index (χ2v) is 6.26. The van der Waals surface area contributed by atoms with Crippen LogP contribution in [0, 0.1) is 0 Å². The van der Waals surface area contributed by atoms with E-state index >= 15 is 0 Å². The van der Waals surface area contributed by atoms with Crippen molar-refractivity contribution in [3.63, 3.8) is 0 Å². The predicted molar refractivity (Wildman–Crippen MR) is 93.1 cm³/mol. The molecule has 2 aromatic rings. The maximum absolute atomic E-state index is 13.0. The van der Waals surface area contributed by atoms with Crippen molar-refractivity contribution in [1.29, 1.82) is 0 Å². The van der Waals surface area contributed by atoms with Gasteiger partial charge in [0.05, 0.1) is 22.5 Å². The van der Waals surface area contributed by atoms with Gasteiger partial charge in [0.1, 0.15) is 0 Å². The second kappa shape index (κ2) is 5.77. The number of para-hydroxylation sites is 1. The molecule has 2 aliphatic carbocycles. The van der Waals surface area contributed by atoms with Crippen molar-refractivity contribution in [1.82, 2.24) is 4.98 Å². The van der Waals surface area contributed by atoms with E-state index in [2.05, 4.69) is 4.98 Å². The Bertz CT molecular complexity index is 945. The van der Waals surface area contributed by atoms with Crippen LogP contribution in [0.1, 0.15) is 49.6 Å². The molecule has 0 atom stereocenters. The minimum absolute atomic E-state index is 0.0972. The van der Waals surface area contributed by atoms with E-state index < -0.39 is 0 Å². The number of benzene rings is 1. The number of ketones is 3. The summed E-state index contributed by atoms with van der Waals surface area (Å²) >= 11 is 0. The Morgan fingerprint density at radius 2 is 1.76 bits per heavy atom. The summed E-state index contributed by atoms with van der Waals surface area (Å²) in [6, 6.07) is 9.35. The van der Waals surface area contributed by atoms with Crippen molar-refractivity contribution in [3.05, 3.63) is 70.7 Å². The van der Waals surface area contributed by atoms with Gasteiger partial charge < -0.3 is 4.90 Å². The molecule has 0 fully saturated rings. The fourth-order valence-electron chi connectivity index (χ4n) is 3.45. The molecule has 0 spiro atoms. The predicted octanol–water partition coefficient (Wildman–Crippen LogP) is 3.00. The Hall–Kier alpha value is -3.08. The lowest BCUT2D eigenvalue weighted by Gasteiger charge is -2.26. The summed E-state index contributed by atoms with van der Waals surface area (Å²) in [7, 11) is 1.74. The minimum atomic E-state index is -0.304. The highest BCUT2D eigenvalue weighted by Crippen LogP contribution is 2.31. The number of pyridine rings is 1. The third kappa shape index (κ3) is 2.39. The standard InChI is InChI=1S/C20H16N2O3/c1-22(12-6-3-2-4-7-12)15-10-17(24)18-13(20(15)25)11-21-14-8-5-9-16(23)19(14)18/h2-4,6-7,10-11H,5,8-9H2,1H3. The van der Waals surface area contributed by atoms with Crippen LogP contribution < -0.4 is 4.90 Å². The summed E-state index contributed by atoms with van der Waals surface area (Å²) < 4.78 is 0. The van der Waals surface area contributed by atoms with Crippen LogP contribution in [0.4, 0.5) is 5.69 Å². The summed E-state index contributed by atoms with van der Waals surface area (Å²) in [5, 5.41) is 0. The molecule has 0 unspecified atom stereocenters. The molecule has 0 bridgehead atoms. The summed E-state index contributed by atoms with van der Waals surface area (Å²) in [6.45, 7) is 0. The maximum atomic E-state index is 13.0. The molecule has 4 rings (SSSR count). The molecule has 1 heterocycles. The topological polar surface area (TPSA) is 67.3 Å². The highest BCUT2D eigenvalue weighted by atomic mass is 16.1. The first kappa shape index (κ1) is 15.4. The van der Waals surface area contributed by atoms with Crippen LogP contribution in [0.5, 0.6) is 0 Å². The molecule has 0 saturated carbocycles. The van der Waals surface area contributed by atoms with Crippen molar-refractivity contribution in [2.24, 2.45) is 0 Å². The minimum Gasteiger partial charge on any atom is -0.341 e. The molecule has 2 aliphatic rings. The number of nitrogens with zero attached hydrogens (tertiary/aromatic N) is 2. The maximum Gasteiger partial charge on any atom is 0.211 e. The van der Waals surface area contributed by atoms with Gasteiger partial charge in [-0.25, -0.2) is 0 Å². The lowest BCUT2D eigenvalue weighted by molar-refractivity contribution is 0.0950. The van der Waals surface area contributed by atoms with Gasteiger partial charge in [-0.1, -0.05) is 18.2 Å². The van der Waals surface area contributed by atoms with E-state index in [1.54, 1.807) is 11.9 Å². The second-order valence-electron chi connectivity index (χ2n) is 6.26. The van der Waals surface area contributed by atoms with Gasteiger partial charge in [-0.15, -0.1) is 0 Å². The van der Waals surface area contributed by atoms with Gasteiger partial charge in [-0.3, -0.25) is 19.4 Å². The average Bonchev–Trinajstić information content (AvgIpc) is 2.64. The number of aromatic nitrogens is 1. The fraction of sp³-hybridized carbons (Fsp3) is 0.200. The Balaban J connectivity index is 1.83. The van der Waals surface area contributed by atoms with Crippen LogP contribution in [-0.4, -0.2) is 29.4 Å². The monoisotopic (exact) mass is 332 g/mol. The number of anilines is 1. The molecule has 5 nitrogen and oxygen atoms in total. The first-order valence-corrected chi connectivity index (χ1v) is 8.22. The van der Waals surface area contributed by atoms with E-state index in [0.29, 0.717) is 24.1 Å². The van der Waals surface area contributed by atoms with Crippen LogP contribution >= 0.6 is 0 Å². The van der Waals surface area contributed by atoms with Crippen LogP contribution in [0.3, 0.4) is 0 Å². The van der Waals surface area contributed by atoms with E-state index in [4.69, 9.17) is 0 Å². The molecule has 0 aliphatic heterocycles. The molecule has 0 N–H and O–H groups in total. The highest BCUT2D eigenvalue weighted by Gasteiger charge is 2.34. The summed E-state index contributed by atoms with van der Waals surface area (Å²) in [5.41, 5.74) is 2.52. The number of hydrogen-bond acceptors (Lipinski definition) is 5. The van der Waals surface area contributed by atoms with Crippen LogP contribution in [-0.2, 0) is 6.42 Å².